The van der Waals surface area contributed by atoms with Crippen molar-refractivity contribution in [3.63, 3.8) is 0 Å². The highest BCUT2D eigenvalue weighted by atomic mass is 16.2. The Balaban J connectivity index is 1.56. The molecule has 1 amide bonds. The summed E-state index contributed by atoms with van der Waals surface area (Å²) in [7, 11) is 0. The SMILES string of the molecule is Cc1ccc(C[C@H](C)N2CCC(n3nccc3NC(=O)C(C)(C)C)CC2)cc1. The minimum Gasteiger partial charge on any atom is -0.310 e. The van der Waals surface area contributed by atoms with Crippen LogP contribution < -0.4 is 5.32 Å². The summed E-state index contributed by atoms with van der Waals surface area (Å²) in [6, 6.07) is 11.6. The van der Waals surface area contributed by atoms with Gasteiger partial charge < -0.3 is 10.2 Å². The van der Waals surface area contributed by atoms with Crippen LogP contribution in [-0.2, 0) is 11.2 Å². The first-order valence-corrected chi connectivity index (χ1v) is 10.4. The molecule has 3 rings (SSSR count). The molecule has 0 bridgehead atoms. The molecular formula is C23H34N4O. The molecule has 5 nitrogen and oxygen atoms in total. The van der Waals surface area contributed by atoms with Crippen molar-refractivity contribution in [3.8, 4) is 0 Å². The van der Waals surface area contributed by atoms with Crippen LogP contribution in [-0.4, -0.2) is 39.7 Å². The van der Waals surface area contributed by atoms with Gasteiger partial charge in [0.1, 0.15) is 5.82 Å². The largest absolute Gasteiger partial charge is 0.310 e. The second-order valence-corrected chi connectivity index (χ2v) is 9.17. The van der Waals surface area contributed by atoms with Crippen LogP contribution in [0, 0.1) is 12.3 Å². The zero-order chi connectivity index (χ0) is 20.3. The summed E-state index contributed by atoms with van der Waals surface area (Å²) in [6.07, 6.45) is 4.97. The number of anilines is 1. The van der Waals surface area contributed by atoms with Crippen molar-refractivity contribution in [1.29, 1.82) is 0 Å². The molecule has 0 saturated carbocycles. The molecule has 2 aromatic rings. The third kappa shape index (κ3) is 5.02. The number of nitrogens with one attached hydrogen (secondary N) is 1. The smallest absolute Gasteiger partial charge is 0.230 e. The van der Waals surface area contributed by atoms with E-state index in [0.29, 0.717) is 12.1 Å². The number of likely N-dealkylation sites (tertiary alicyclic amines) is 1. The van der Waals surface area contributed by atoms with E-state index in [1.54, 1.807) is 6.20 Å². The van der Waals surface area contributed by atoms with Gasteiger partial charge in [0.25, 0.3) is 0 Å². The third-order valence-electron chi connectivity index (χ3n) is 5.71. The summed E-state index contributed by atoms with van der Waals surface area (Å²) >= 11 is 0. The lowest BCUT2D eigenvalue weighted by atomic mass is 9.96. The van der Waals surface area contributed by atoms with Gasteiger partial charge in [0.2, 0.25) is 5.91 Å². The zero-order valence-electron chi connectivity index (χ0n) is 17.9. The van der Waals surface area contributed by atoms with E-state index in [4.69, 9.17) is 0 Å². The van der Waals surface area contributed by atoms with E-state index in [1.165, 1.54) is 11.1 Å². The van der Waals surface area contributed by atoms with Gasteiger partial charge in [-0.2, -0.15) is 5.10 Å². The average molecular weight is 383 g/mol. The number of aryl methyl sites for hydroxylation is 1. The van der Waals surface area contributed by atoms with E-state index in [0.717, 1.165) is 38.2 Å². The maximum absolute atomic E-state index is 12.3. The number of rotatable bonds is 5. The normalized spacial score (nSPS) is 17.5. The number of piperidine rings is 1. The molecule has 152 valence electrons. The topological polar surface area (TPSA) is 50.2 Å². The minimum absolute atomic E-state index is 0.0263. The van der Waals surface area contributed by atoms with E-state index < -0.39 is 5.41 Å². The third-order valence-corrected chi connectivity index (χ3v) is 5.71. The Morgan fingerprint density at radius 1 is 1.18 bits per heavy atom. The van der Waals surface area contributed by atoms with Gasteiger partial charge in [-0.15, -0.1) is 0 Å². The van der Waals surface area contributed by atoms with Crippen molar-refractivity contribution in [2.45, 2.75) is 66.0 Å². The maximum Gasteiger partial charge on any atom is 0.230 e. The van der Waals surface area contributed by atoms with Gasteiger partial charge in [0.15, 0.2) is 0 Å². The predicted octanol–water partition coefficient (Wildman–Crippen LogP) is 4.44. The Morgan fingerprint density at radius 3 is 2.43 bits per heavy atom. The molecule has 1 saturated heterocycles. The number of amides is 1. The molecule has 1 aliphatic heterocycles. The van der Waals surface area contributed by atoms with E-state index in [9.17, 15) is 4.79 Å². The summed E-state index contributed by atoms with van der Waals surface area (Å²) in [4.78, 5) is 14.9. The predicted molar refractivity (Wildman–Crippen MR) is 115 cm³/mol. The Hall–Kier alpha value is -2.14. The zero-order valence-corrected chi connectivity index (χ0v) is 17.9. The quantitative estimate of drug-likeness (QED) is 0.831. The molecule has 0 unspecified atom stereocenters. The molecule has 28 heavy (non-hydrogen) atoms. The molecule has 1 atom stereocenters. The lowest BCUT2D eigenvalue weighted by Gasteiger charge is -2.36. The summed E-state index contributed by atoms with van der Waals surface area (Å²) in [6.45, 7) is 12.4. The average Bonchev–Trinajstić information content (AvgIpc) is 3.11. The standard InChI is InChI=1S/C23H34N4O/c1-17-6-8-19(9-7-17)16-18(2)26-14-11-20(12-15-26)27-21(10-13-24-27)25-22(28)23(3,4)5/h6-10,13,18,20H,11-12,14-16H2,1-5H3,(H,25,28)/t18-/m0/s1. The van der Waals surface area contributed by atoms with Gasteiger partial charge in [0.05, 0.1) is 12.2 Å². The van der Waals surface area contributed by atoms with Crippen LogP contribution in [0.4, 0.5) is 5.82 Å². The maximum atomic E-state index is 12.3. The van der Waals surface area contributed by atoms with Crippen LogP contribution in [0.25, 0.3) is 0 Å². The first-order chi connectivity index (χ1) is 13.2. The van der Waals surface area contributed by atoms with Crippen LogP contribution in [0.2, 0.25) is 0 Å². The second kappa shape index (κ2) is 8.48. The molecule has 2 heterocycles. The van der Waals surface area contributed by atoms with Crippen LogP contribution in [0.5, 0.6) is 0 Å². The highest BCUT2D eigenvalue weighted by Crippen LogP contribution is 2.28. The highest BCUT2D eigenvalue weighted by Gasteiger charge is 2.27. The van der Waals surface area contributed by atoms with Gasteiger partial charge in [0, 0.05) is 30.6 Å². The number of nitrogens with zero attached hydrogens (tertiary/aromatic N) is 3. The molecule has 1 aromatic heterocycles. The summed E-state index contributed by atoms with van der Waals surface area (Å²) in [5, 5.41) is 7.55. The fraction of sp³-hybridized carbons (Fsp3) is 0.565. The molecular weight excluding hydrogens is 348 g/mol. The monoisotopic (exact) mass is 382 g/mol. The molecule has 1 aliphatic rings. The van der Waals surface area contributed by atoms with Gasteiger partial charge in [-0.1, -0.05) is 50.6 Å². The van der Waals surface area contributed by atoms with Crippen molar-refractivity contribution in [3.05, 3.63) is 47.7 Å². The van der Waals surface area contributed by atoms with Crippen LogP contribution in [0.1, 0.15) is 57.7 Å². The number of hydrogen-bond donors (Lipinski definition) is 1. The number of carbonyl (C=O) groups is 1. The number of hydrogen-bond acceptors (Lipinski definition) is 3. The Morgan fingerprint density at radius 2 is 1.82 bits per heavy atom. The molecule has 1 fully saturated rings. The number of benzene rings is 1. The van der Waals surface area contributed by atoms with Crippen molar-refractivity contribution in [2.24, 2.45) is 5.41 Å². The Labute approximate surface area is 169 Å². The van der Waals surface area contributed by atoms with Gasteiger partial charge in [-0.25, -0.2) is 4.68 Å². The van der Waals surface area contributed by atoms with Gasteiger partial charge >= 0.3 is 0 Å². The second-order valence-electron chi connectivity index (χ2n) is 9.17. The van der Waals surface area contributed by atoms with Gasteiger partial charge in [-0.3, -0.25) is 4.79 Å². The molecule has 0 spiro atoms. The minimum atomic E-state index is -0.413. The molecule has 0 radical (unpaired) electrons. The number of aromatic nitrogens is 2. The van der Waals surface area contributed by atoms with E-state index in [2.05, 4.69) is 53.4 Å². The lowest BCUT2D eigenvalue weighted by molar-refractivity contribution is -0.123. The van der Waals surface area contributed by atoms with E-state index >= 15 is 0 Å². The Kier molecular flexibility index (Phi) is 6.23. The first-order valence-electron chi connectivity index (χ1n) is 10.4. The van der Waals surface area contributed by atoms with Crippen molar-refractivity contribution >= 4 is 11.7 Å². The fourth-order valence-corrected chi connectivity index (χ4v) is 3.77. The Bertz CT molecular complexity index is 780. The van der Waals surface area contributed by atoms with E-state index in [-0.39, 0.29) is 5.91 Å². The summed E-state index contributed by atoms with van der Waals surface area (Å²) < 4.78 is 2.01. The van der Waals surface area contributed by atoms with Crippen molar-refractivity contribution in [1.82, 2.24) is 14.7 Å². The van der Waals surface area contributed by atoms with Crippen LogP contribution >= 0.6 is 0 Å². The van der Waals surface area contributed by atoms with Crippen molar-refractivity contribution < 1.29 is 4.79 Å². The lowest BCUT2D eigenvalue weighted by Crippen LogP contribution is -2.41. The van der Waals surface area contributed by atoms with Crippen molar-refractivity contribution in [2.75, 3.05) is 18.4 Å². The highest BCUT2D eigenvalue weighted by molar-refractivity contribution is 5.93. The number of carbonyl (C=O) groups excluding carboxylic acids is 1. The van der Waals surface area contributed by atoms with Gasteiger partial charge in [-0.05, 0) is 38.7 Å². The molecule has 0 aliphatic carbocycles. The summed E-state index contributed by atoms with van der Waals surface area (Å²) in [5.41, 5.74) is 2.30. The molecule has 5 heteroatoms. The summed E-state index contributed by atoms with van der Waals surface area (Å²) in [5.74, 6) is 0.837. The van der Waals surface area contributed by atoms with Crippen LogP contribution in [0.15, 0.2) is 36.5 Å². The van der Waals surface area contributed by atoms with Crippen LogP contribution in [0.3, 0.4) is 0 Å². The molecule has 1 aromatic carbocycles. The molecule has 1 N–H and O–H groups in total. The first kappa shape index (κ1) is 20.6. The fourth-order valence-electron chi connectivity index (χ4n) is 3.77. The van der Waals surface area contributed by atoms with E-state index in [1.807, 2.05) is 31.5 Å².